The minimum absolute atomic E-state index is 0.0394. The van der Waals surface area contributed by atoms with Crippen molar-refractivity contribution in [2.75, 3.05) is 6.61 Å². The second-order valence-corrected chi connectivity index (χ2v) is 3.75. The van der Waals surface area contributed by atoms with Crippen molar-refractivity contribution in [2.45, 2.75) is 6.92 Å². The molecule has 0 spiro atoms. The highest BCUT2D eigenvalue weighted by Gasteiger charge is 2.12. The van der Waals surface area contributed by atoms with E-state index in [9.17, 15) is 9.18 Å². The molecule has 2 rings (SSSR count). The van der Waals surface area contributed by atoms with Crippen LogP contribution in [-0.4, -0.2) is 27.6 Å². The van der Waals surface area contributed by atoms with Crippen LogP contribution in [0.2, 0.25) is 5.02 Å². The lowest BCUT2D eigenvalue weighted by molar-refractivity contribution is 0.0519. The van der Waals surface area contributed by atoms with Crippen LogP contribution >= 0.6 is 11.6 Å². The third-order valence-corrected chi connectivity index (χ3v) is 2.40. The molecule has 5 nitrogen and oxygen atoms in total. The number of aromatic nitrogens is 3. The molecule has 7 heteroatoms. The number of ether oxygens (including phenoxy) is 1. The van der Waals surface area contributed by atoms with Crippen LogP contribution in [0.25, 0.3) is 5.69 Å². The Kier molecular flexibility index (Phi) is 3.57. The lowest BCUT2D eigenvalue weighted by Gasteiger charge is -2.00. The van der Waals surface area contributed by atoms with E-state index in [-0.39, 0.29) is 17.3 Å². The third kappa shape index (κ3) is 2.48. The van der Waals surface area contributed by atoms with E-state index < -0.39 is 11.8 Å². The van der Waals surface area contributed by atoms with Crippen LogP contribution in [0.5, 0.6) is 0 Å². The molecule has 0 radical (unpaired) electrons. The molecule has 0 atom stereocenters. The summed E-state index contributed by atoms with van der Waals surface area (Å²) in [5.74, 6) is -1.09. The Balaban J connectivity index is 2.29. The fourth-order valence-electron chi connectivity index (χ4n) is 1.30. The normalized spacial score (nSPS) is 10.4. The molecule has 1 heterocycles. The SMILES string of the molecule is CCOC(=O)c1cnn(-c2ccc(F)c(Cl)c2)n1. The van der Waals surface area contributed by atoms with Crippen LogP contribution in [0.3, 0.4) is 0 Å². The summed E-state index contributed by atoms with van der Waals surface area (Å²) in [6.45, 7) is 1.95. The fourth-order valence-corrected chi connectivity index (χ4v) is 1.47. The van der Waals surface area contributed by atoms with Crippen LogP contribution in [-0.2, 0) is 4.74 Å². The number of halogens is 2. The first kappa shape index (κ1) is 12.5. The first-order valence-electron chi connectivity index (χ1n) is 5.16. The van der Waals surface area contributed by atoms with Crippen molar-refractivity contribution < 1.29 is 13.9 Å². The van der Waals surface area contributed by atoms with Crippen molar-refractivity contribution in [2.24, 2.45) is 0 Å². The van der Waals surface area contributed by atoms with Gasteiger partial charge in [0, 0.05) is 0 Å². The lowest BCUT2D eigenvalue weighted by Crippen LogP contribution is -2.06. The molecule has 0 bridgehead atoms. The summed E-state index contributed by atoms with van der Waals surface area (Å²) in [4.78, 5) is 12.6. The average Bonchev–Trinajstić information content (AvgIpc) is 2.82. The van der Waals surface area contributed by atoms with Crippen molar-refractivity contribution >= 4 is 17.6 Å². The van der Waals surface area contributed by atoms with Crippen molar-refractivity contribution in [1.29, 1.82) is 0 Å². The van der Waals surface area contributed by atoms with Gasteiger partial charge < -0.3 is 4.74 Å². The molecule has 0 fully saturated rings. The summed E-state index contributed by atoms with van der Waals surface area (Å²) >= 11 is 5.65. The Labute approximate surface area is 107 Å². The predicted octanol–water partition coefficient (Wildman–Crippen LogP) is 2.24. The van der Waals surface area contributed by atoms with E-state index >= 15 is 0 Å². The monoisotopic (exact) mass is 269 g/mol. The Morgan fingerprint density at radius 1 is 1.56 bits per heavy atom. The zero-order valence-corrected chi connectivity index (χ0v) is 10.2. The van der Waals surface area contributed by atoms with Crippen LogP contribution in [0, 0.1) is 5.82 Å². The van der Waals surface area contributed by atoms with Gasteiger partial charge in [0.25, 0.3) is 0 Å². The fraction of sp³-hybridized carbons (Fsp3) is 0.182. The predicted molar refractivity (Wildman–Crippen MR) is 62.3 cm³/mol. The van der Waals surface area contributed by atoms with Crippen molar-refractivity contribution in [3.05, 3.63) is 40.9 Å². The van der Waals surface area contributed by atoms with E-state index in [1.54, 1.807) is 6.92 Å². The number of hydrogen-bond acceptors (Lipinski definition) is 4. The van der Waals surface area contributed by atoms with E-state index in [1.165, 1.54) is 29.2 Å². The van der Waals surface area contributed by atoms with E-state index in [1.807, 2.05) is 0 Å². The van der Waals surface area contributed by atoms with Crippen LogP contribution < -0.4 is 0 Å². The van der Waals surface area contributed by atoms with Gasteiger partial charge >= 0.3 is 5.97 Å². The molecule has 0 saturated heterocycles. The number of benzene rings is 1. The molecule has 1 aromatic heterocycles. The highest BCUT2D eigenvalue weighted by molar-refractivity contribution is 6.30. The number of carbonyl (C=O) groups excluding carboxylic acids is 1. The largest absolute Gasteiger partial charge is 0.461 e. The molecule has 18 heavy (non-hydrogen) atoms. The molecule has 1 aromatic carbocycles. The standard InChI is InChI=1S/C11H9ClFN3O2/c1-2-18-11(17)10-6-14-16(15-10)7-3-4-9(13)8(12)5-7/h3-6H,2H2,1H3. The summed E-state index contributed by atoms with van der Waals surface area (Å²) in [7, 11) is 0. The maximum absolute atomic E-state index is 13.0. The Bertz CT molecular complexity index is 585. The highest BCUT2D eigenvalue weighted by Crippen LogP contribution is 2.17. The van der Waals surface area contributed by atoms with Gasteiger partial charge in [0.15, 0.2) is 5.69 Å². The van der Waals surface area contributed by atoms with Crippen molar-refractivity contribution in [1.82, 2.24) is 15.0 Å². The lowest BCUT2D eigenvalue weighted by atomic mass is 10.3. The zero-order valence-electron chi connectivity index (χ0n) is 9.43. The zero-order chi connectivity index (χ0) is 13.1. The number of esters is 1. The van der Waals surface area contributed by atoms with Crippen LogP contribution in [0.4, 0.5) is 4.39 Å². The maximum Gasteiger partial charge on any atom is 0.360 e. The summed E-state index contributed by atoms with van der Waals surface area (Å²) in [6.07, 6.45) is 1.27. The quantitative estimate of drug-likeness (QED) is 0.802. The third-order valence-electron chi connectivity index (χ3n) is 2.11. The number of rotatable bonds is 3. The van der Waals surface area contributed by atoms with Crippen LogP contribution in [0.1, 0.15) is 17.4 Å². The second-order valence-electron chi connectivity index (χ2n) is 3.34. The summed E-state index contributed by atoms with van der Waals surface area (Å²) < 4.78 is 17.8. The Morgan fingerprint density at radius 2 is 2.33 bits per heavy atom. The molecule has 0 aliphatic carbocycles. The smallest absolute Gasteiger partial charge is 0.360 e. The van der Waals surface area contributed by atoms with Gasteiger partial charge in [0.1, 0.15) is 5.82 Å². The first-order chi connectivity index (χ1) is 8.61. The molecule has 0 aliphatic heterocycles. The molecule has 0 unspecified atom stereocenters. The molecule has 0 saturated carbocycles. The number of nitrogens with zero attached hydrogens (tertiary/aromatic N) is 3. The first-order valence-corrected chi connectivity index (χ1v) is 5.54. The van der Waals surface area contributed by atoms with Crippen molar-refractivity contribution in [3.63, 3.8) is 0 Å². The number of carbonyl (C=O) groups is 1. The van der Waals surface area contributed by atoms with Crippen molar-refractivity contribution in [3.8, 4) is 5.69 Å². The van der Waals surface area contributed by atoms with E-state index in [0.29, 0.717) is 5.69 Å². The Morgan fingerprint density at radius 3 is 3.00 bits per heavy atom. The minimum Gasteiger partial charge on any atom is -0.461 e. The molecule has 2 aromatic rings. The topological polar surface area (TPSA) is 57.0 Å². The molecular weight excluding hydrogens is 261 g/mol. The minimum atomic E-state index is -0.558. The van der Waals surface area contributed by atoms with E-state index in [4.69, 9.17) is 16.3 Å². The van der Waals surface area contributed by atoms with Gasteiger partial charge in [0.05, 0.1) is 23.5 Å². The van der Waals surface area contributed by atoms with E-state index in [0.717, 1.165) is 0 Å². The van der Waals surface area contributed by atoms with Gasteiger partial charge in [-0.05, 0) is 25.1 Å². The molecular formula is C11H9ClFN3O2. The molecule has 0 aliphatic rings. The van der Waals surface area contributed by atoms with Crippen LogP contribution in [0.15, 0.2) is 24.4 Å². The second kappa shape index (κ2) is 5.14. The van der Waals surface area contributed by atoms with Gasteiger partial charge in [-0.25, -0.2) is 9.18 Å². The van der Waals surface area contributed by atoms with E-state index in [2.05, 4.69) is 10.2 Å². The van der Waals surface area contributed by atoms with Gasteiger partial charge in [-0.1, -0.05) is 11.6 Å². The molecule has 0 N–H and O–H groups in total. The molecule has 94 valence electrons. The summed E-state index contributed by atoms with van der Waals surface area (Å²) in [5, 5.41) is 7.76. The Hall–Kier alpha value is -1.95. The van der Waals surface area contributed by atoms with Gasteiger partial charge in [-0.3, -0.25) is 0 Å². The number of hydrogen-bond donors (Lipinski definition) is 0. The highest BCUT2D eigenvalue weighted by atomic mass is 35.5. The van der Waals surface area contributed by atoms with Gasteiger partial charge in [-0.2, -0.15) is 9.90 Å². The molecule has 0 amide bonds. The maximum atomic E-state index is 13.0. The summed E-state index contributed by atoms with van der Waals surface area (Å²) in [5.41, 5.74) is 0.536. The van der Waals surface area contributed by atoms with Gasteiger partial charge in [0.2, 0.25) is 0 Å². The summed E-state index contributed by atoms with van der Waals surface area (Å²) in [6, 6.07) is 4.02. The van der Waals surface area contributed by atoms with Gasteiger partial charge in [-0.15, -0.1) is 5.10 Å². The average molecular weight is 270 g/mol.